The Morgan fingerprint density at radius 2 is 1.73 bits per heavy atom. The first kappa shape index (κ1) is 26.4. The Kier molecular flexibility index (Phi) is 7.96. The SMILES string of the molecule is O=C(CC1C(=O)NCCN1C(=O)CN1CCN(c2ccccc2F)CC1)Nc1cccc(C(F)(F)F)c1. The minimum absolute atomic E-state index is 0.0319. The standard InChI is InChI=1S/C25H27F4N5O3/c26-19-6-1-2-7-20(19)33-12-10-32(11-13-33)16-23(36)34-9-8-30-24(37)21(34)15-22(35)31-18-5-3-4-17(14-18)25(27,28)29/h1-7,14,21H,8-13,15-16H2,(H,30,37)(H,31,35). The van der Waals surface area contributed by atoms with Gasteiger partial charge in [0.05, 0.1) is 24.2 Å². The van der Waals surface area contributed by atoms with Crippen LogP contribution in [-0.2, 0) is 20.6 Å². The number of alkyl halides is 3. The van der Waals surface area contributed by atoms with Crippen molar-refractivity contribution in [2.75, 3.05) is 56.0 Å². The van der Waals surface area contributed by atoms with Gasteiger partial charge in [-0.05, 0) is 30.3 Å². The van der Waals surface area contributed by atoms with Crippen LogP contribution in [0.4, 0.5) is 28.9 Å². The lowest BCUT2D eigenvalue weighted by Gasteiger charge is -2.39. The number of hydrogen-bond donors (Lipinski definition) is 2. The number of carbonyl (C=O) groups excluding carboxylic acids is 3. The van der Waals surface area contributed by atoms with Crippen LogP contribution < -0.4 is 15.5 Å². The molecule has 2 fully saturated rings. The van der Waals surface area contributed by atoms with Crippen LogP contribution in [0.15, 0.2) is 48.5 Å². The Labute approximate surface area is 211 Å². The van der Waals surface area contributed by atoms with Gasteiger partial charge in [-0.3, -0.25) is 19.3 Å². The van der Waals surface area contributed by atoms with Gasteiger partial charge in [0.25, 0.3) is 0 Å². The van der Waals surface area contributed by atoms with Gasteiger partial charge in [-0.2, -0.15) is 13.2 Å². The summed E-state index contributed by atoms with van der Waals surface area (Å²) in [7, 11) is 0. The molecule has 1 unspecified atom stereocenters. The highest BCUT2D eigenvalue weighted by Gasteiger charge is 2.36. The minimum atomic E-state index is -4.56. The van der Waals surface area contributed by atoms with Gasteiger partial charge < -0.3 is 20.4 Å². The lowest BCUT2D eigenvalue weighted by Crippen LogP contribution is -2.60. The molecule has 2 heterocycles. The number of nitrogens with one attached hydrogen (secondary N) is 2. The van der Waals surface area contributed by atoms with Crippen LogP contribution in [0.3, 0.4) is 0 Å². The summed E-state index contributed by atoms with van der Waals surface area (Å²) in [6.07, 6.45) is -4.96. The second-order valence-corrected chi connectivity index (χ2v) is 8.94. The summed E-state index contributed by atoms with van der Waals surface area (Å²) in [5, 5.41) is 5.02. The maximum atomic E-state index is 14.1. The number of para-hydroxylation sites is 1. The van der Waals surface area contributed by atoms with Gasteiger partial charge in [0.2, 0.25) is 17.7 Å². The molecule has 2 saturated heterocycles. The third kappa shape index (κ3) is 6.56. The predicted molar refractivity (Wildman–Crippen MR) is 128 cm³/mol. The Morgan fingerprint density at radius 3 is 2.43 bits per heavy atom. The zero-order chi connectivity index (χ0) is 26.6. The highest BCUT2D eigenvalue weighted by Crippen LogP contribution is 2.30. The van der Waals surface area contributed by atoms with E-state index in [4.69, 9.17) is 0 Å². The Balaban J connectivity index is 1.34. The number of hydrogen-bond acceptors (Lipinski definition) is 5. The van der Waals surface area contributed by atoms with Crippen molar-refractivity contribution in [3.05, 3.63) is 59.9 Å². The molecule has 2 aliphatic heterocycles. The number of carbonyl (C=O) groups is 3. The van der Waals surface area contributed by atoms with Crippen LogP contribution in [0.5, 0.6) is 0 Å². The van der Waals surface area contributed by atoms with Crippen molar-refractivity contribution in [1.29, 1.82) is 0 Å². The van der Waals surface area contributed by atoms with Gasteiger partial charge in [-0.1, -0.05) is 18.2 Å². The molecule has 37 heavy (non-hydrogen) atoms. The van der Waals surface area contributed by atoms with E-state index in [1.807, 2.05) is 9.80 Å². The van der Waals surface area contributed by atoms with E-state index in [2.05, 4.69) is 10.6 Å². The van der Waals surface area contributed by atoms with E-state index in [9.17, 15) is 31.9 Å². The van der Waals surface area contributed by atoms with Crippen molar-refractivity contribution in [2.24, 2.45) is 0 Å². The zero-order valence-corrected chi connectivity index (χ0v) is 19.9. The molecule has 8 nitrogen and oxygen atoms in total. The summed E-state index contributed by atoms with van der Waals surface area (Å²) in [6, 6.07) is 9.60. The highest BCUT2D eigenvalue weighted by atomic mass is 19.4. The third-order valence-corrected chi connectivity index (χ3v) is 6.43. The summed E-state index contributed by atoms with van der Waals surface area (Å²) < 4.78 is 52.9. The number of anilines is 2. The third-order valence-electron chi connectivity index (χ3n) is 6.43. The molecular formula is C25H27F4N5O3. The van der Waals surface area contributed by atoms with E-state index in [0.29, 0.717) is 31.9 Å². The molecule has 0 aromatic heterocycles. The second-order valence-electron chi connectivity index (χ2n) is 8.94. The number of halogens is 4. The predicted octanol–water partition coefficient (Wildman–Crippen LogP) is 2.32. The van der Waals surface area contributed by atoms with E-state index in [1.165, 1.54) is 23.1 Å². The van der Waals surface area contributed by atoms with Crippen molar-refractivity contribution in [1.82, 2.24) is 15.1 Å². The van der Waals surface area contributed by atoms with Crippen LogP contribution >= 0.6 is 0 Å². The lowest BCUT2D eigenvalue weighted by atomic mass is 10.1. The van der Waals surface area contributed by atoms with E-state index in [-0.39, 0.29) is 37.0 Å². The molecule has 4 rings (SSSR count). The molecule has 0 saturated carbocycles. The first-order valence-corrected chi connectivity index (χ1v) is 11.9. The average Bonchev–Trinajstić information content (AvgIpc) is 2.86. The van der Waals surface area contributed by atoms with Gasteiger partial charge in [0.1, 0.15) is 11.9 Å². The van der Waals surface area contributed by atoms with Crippen molar-refractivity contribution < 1.29 is 31.9 Å². The largest absolute Gasteiger partial charge is 0.416 e. The zero-order valence-electron chi connectivity index (χ0n) is 19.9. The van der Waals surface area contributed by atoms with Crippen LogP contribution in [0, 0.1) is 5.82 Å². The van der Waals surface area contributed by atoms with Crippen molar-refractivity contribution >= 4 is 29.1 Å². The molecule has 0 radical (unpaired) electrons. The Bertz CT molecular complexity index is 1150. The van der Waals surface area contributed by atoms with E-state index < -0.39 is 36.0 Å². The number of nitrogens with zero attached hydrogens (tertiary/aromatic N) is 3. The topological polar surface area (TPSA) is 85.0 Å². The summed E-state index contributed by atoms with van der Waals surface area (Å²) in [4.78, 5) is 43.4. The molecule has 12 heteroatoms. The second kappa shape index (κ2) is 11.2. The number of piperazine rings is 2. The van der Waals surface area contributed by atoms with Crippen LogP contribution in [0.1, 0.15) is 12.0 Å². The van der Waals surface area contributed by atoms with E-state index in [1.54, 1.807) is 18.2 Å². The fraction of sp³-hybridized carbons (Fsp3) is 0.400. The molecule has 2 aliphatic rings. The van der Waals surface area contributed by atoms with Gasteiger partial charge >= 0.3 is 6.18 Å². The average molecular weight is 522 g/mol. The number of amides is 3. The fourth-order valence-electron chi connectivity index (χ4n) is 4.51. The molecule has 0 bridgehead atoms. The summed E-state index contributed by atoms with van der Waals surface area (Å²) in [5.41, 5.74) is -0.456. The molecule has 3 amide bonds. The first-order valence-electron chi connectivity index (χ1n) is 11.9. The molecular weight excluding hydrogens is 494 g/mol. The van der Waals surface area contributed by atoms with Gasteiger partial charge in [0.15, 0.2) is 0 Å². The fourth-order valence-corrected chi connectivity index (χ4v) is 4.51. The van der Waals surface area contributed by atoms with Gasteiger partial charge in [-0.15, -0.1) is 0 Å². The monoisotopic (exact) mass is 521 g/mol. The normalized spacial score (nSPS) is 18.9. The summed E-state index contributed by atoms with van der Waals surface area (Å²) in [6.45, 7) is 2.56. The van der Waals surface area contributed by atoms with Crippen LogP contribution in [0.25, 0.3) is 0 Å². The minimum Gasteiger partial charge on any atom is -0.367 e. The Morgan fingerprint density at radius 1 is 1.00 bits per heavy atom. The quantitative estimate of drug-likeness (QED) is 0.571. The molecule has 2 N–H and O–H groups in total. The molecule has 0 spiro atoms. The highest BCUT2D eigenvalue weighted by molar-refractivity contribution is 5.97. The smallest absolute Gasteiger partial charge is 0.367 e. The Hall–Kier alpha value is -3.67. The number of rotatable bonds is 6. The summed E-state index contributed by atoms with van der Waals surface area (Å²) in [5.74, 6) is -1.82. The van der Waals surface area contributed by atoms with Gasteiger partial charge in [-0.25, -0.2) is 4.39 Å². The molecule has 0 aliphatic carbocycles. The molecule has 2 aromatic carbocycles. The first-order chi connectivity index (χ1) is 17.6. The maximum absolute atomic E-state index is 14.1. The van der Waals surface area contributed by atoms with E-state index in [0.717, 1.165) is 12.1 Å². The van der Waals surface area contributed by atoms with Crippen LogP contribution in [-0.4, -0.2) is 79.4 Å². The van der Waals surface area contributed by atoms with Crippen molar-refractivity contribution in [2.45, 2.75) is 18.6 Å². The van der Waals surface area contributed by atoms with Crippen molar-refractivity contribution in [3.63, 3.8) is 0 Å². The number of benzene rings is 2. The maximum Gasteiger partial charge on any atom is 0.416 e. The summed E-state index contributed by atoms with van der Waals surface area (Å²) >= 11 is 0. The molecule has 2 aromatic rings. The van der Waals surface area contributed by atoms with Crippen molar-refractivity contribution in [3.8, 4) is 0 Å². The lowest BCUT2D eigenvalue weighted by molar-refractivity contribution is -0.145. The van der Waals surface area contributed by atoms with E-state index >= 15 is 0 Å². The molecule has 198 valence electrons. The molecule has 1 atom stereocenters. The van der Waals surface area contributed by atoms with Crippen LogP contribution in [0.2, 0.25) is 0 Å². The van der Waals surface area contributed by atoms with Gasteiger partial charge in [0, 0.05) is 45.0 Å².